The molecule has 1 aliphatic heterocycles. The van der Waals surface area contributed by atoms with Crippen molar-refractivity contribution in [2.24, 2.45) is 0 Å². The quantitative estimate of drug-likeness (QED) is 0.800. The molecule has 0 bridgehead atoms. The number of likely N-dealkylation sites (tertiary alicyclic amines) is 1. The van der Waals surface area contributed by atoms with Crippen molar-refractivity contribution in [3.63, 3.8) is 0 Å². The Kier molecular flexibility index (Phi) is 5.59. The number of rotatable bonds is 2. The Morgan fingerprint density at radius 3 is 2.50 bits per heavy atom. The number of carbonyl (C=O) groups is 2. The summed E-state index contributed by atoms with van der Waals surface area (Å²) < 4.78 is 5.36. The van der Waals surface area contributed by atoms with Crippen LogP contribution in [0.1, 0.15) is 44.0 Å². The molecule has 0 aliphatic carbocycles. The number of nitrogens with zero attached hydrogens (tertiary/aromatic N) is 1. The highest BCUT2D eigenvalue weighted by Crippen LogP contribution is 2.19. The van der Waals surface area contributed by atoms with Crippen LogP contribution in [0.4, 0.5) is 10.5 Å². The fraction of sp³-hybridized carbons (Fsp3) is 0.529. The number of anilines is 1. The molecule has 1 aliphatic rings. The standard InChI is InChI=1S/C17H24ClN3O3/c1-17(2,3)24-16(23)21-8-6-12(7-9-21)20-15(22)13-10-11(18)4-5-14(13)19/h4-5,10,12H,6-9,19H2,1-3H3,(H,20,22). The third kappa shape index (κ3) is 5.03. The van der Waals surface area contributed by atoms with E-state index in [1.54, 1.807) is 23.1 Å². The van der Waals surface area contributed by atoms with Crippen LogP contribution in [0.15, 0.2) is 18.2 Å². The molecule has 3 N–H and O–H groups in total. The molecule has 1 fully saturated rings. The minimum Gasteiger partial charge on any atom is -0.444 e. The number of halogens is 1. The maximum atomic E-state index is 12.3. The van der Waals surface area contributed by atoms with Crippen molar-refractivity contribution < 1.29 is 14.3 Å². The van der Waals surface area contributed by atoms with Gasteiger partial charge >= 0.3 is 6.09 Å². The monoisotopic (exact) mass is 353 g/mol. The van der Waals surface area contributed by atoms with Gasteiger partial charge in [0.05, 0.1) is 5.56 Å². The van der Waals surface area contributed by atoms with Gasteiger partial charge in [0.2, 0.25) is 0 Å². The summed E-state index contributed by atoms with van der Waals surface area (Å²) in [7, 11) is 0. The Balaban J connectivity index is 1.88. The normalized spacial score (nSPS) is 15.9. The maximum absolute atomic E-state index is 12.3. The van der Waals surface area contributed by atoms with Crippen molar-refractivity contribution in [3.8, 4) is 0 Å². The van der Waals surface area contributed by atoms with Crippen molar-refractivity contribution in [2.45, 2.75) is 45.3 Å². The fourth-order valence-corrected chi connectivity index (χ4v) is 2.69. The molecular formula is C17H24ClN3O3. The van der Waals surface area contributed by atoms with Gasteiger partial charge in [-0.3, -0.25) is 4.79 Å². The molecule has 0 unspecified atom stereocenters. The van der Waals surface area contributed by atoms with Gasteiger partial charge in [-0.05, 0) is 51.8 Å². The highest BCUT2D eigenvalue weighted by Gasteiger charge is 2.27. The highest BCUT2D eigenvalue weighted by atomic mass is 35.5. The summed E-state index contributed by atoms with van der Waals surface area (Å²) in [5.41, 5.74) is 6.08. The van der Waals surface area contributed by atoms with Crippen LogP contribution in [0.3, 0.4) is 0 Å². The molecule has 1 aromatic rings. The van der Waals surface area contributed by atoms with Crippen molar-refractivity contribution in [1.29, 1.82) is 0 Å². The second-order valence-corrected chi connectivity index (χ2v) is 7.38. The van der Waals surface area contributed by atoms with Gasteiger partial charge in [0, 0.05) is 29.8 Å². The van der Waals surface area contributed by atoms with Crippen molar-refractivity contribution in [2.75, 3.05) is 18.8 Å². The third-order valence-corrected chi connectivity index (χ3v) is 3.98. The van der Waals surface area contributed by atoms with Gasteiger partial charge in [-0.15, -0.1) is 0 Å². The Bertz CT molecular complexity index is 620. The molecule has 1 heterocycles. The smallest absolute Gasteiger partial charge is 0.410 e. The van der Waals surface area contributed by atoms with E-state index in [1.165, 1.54) is 0 Å². The Morgan fingerprint density at radius 1 is 1.29 bits per heavy atom. The topological polar surface area (TPSA) is 84.7 Å². The summed E-state index contributed by atoms with van der Waals surface area (Å²) in [6.07, 6.45) is 1.03. The summed E-state index contributed by atoms with van der Waals surface area (Å²) in [6, 6.07) is 4.81. The van der Waals surface area contributed by atoms with E-state index in [-0.39, 0.29) is 18.0 Å². The Morgan fingerprint density at radius 2 is 1.92 bits per heavy atom. The molecule has 0 radical (unpaired) electrons. The van der Waals surface area contributed by atoms with Crippen LogP contribution in [0.25, 0.3) is 0 Å². The SMILES string of the molecule is CC(C)(C)OC(=O)N1CCC(NC(=O)c2cc(Cl)ccc2N)CC1. The number of piperidine rings is 1. The van der Waals surface area contributed by atoms with E-state index in [0.717, 1.165) is 0 Å². The molecule has 0 aromatic heterocycles. The molecule has 6 nitrogen and oxygen atoms in total. The van der Waals surface area contributed by atoms with E-state index in [0.29, 0.717) is 42.2 Å². The van der Waals surface area contributed by atoms with Crippen LogP contribution in [0, 0.1) is 0 Å². The van der Waals surface area contributed by atoms with Gasteiger partial charge in [-0.25, -0.2) is 4.79 Å². The van der Waals surface area contributed by atoms with Crippen LogP contribution < -0.4 is 11.1 Å². The zero-order chi connectivity index (χ0) is 17.9. The summed E-state index contributed by atoms with van der Waals surface area (Å²) in [4.78, 5) is 26.0. The predicted molar refractivity (Wildman–Crippen MR) is 94.2 cm³/mol. The van der Waals surface area contributed by atoms with Crippen LogP contribution in [-0.2, 0) is 4.74 Å². The molecule has 0 spiro atoms. The molecular weight excluding hydrogens is 330 g/mol. The zero-order valence-electron chi connectivity index (χ0n) is 14.3. The first kappa shape index (κ1) is 18.4. The number of hydrogen-bond donors (Lipinski definition) is 2. The summed E-state index contributed by atoms with van der Waals surface area (Å²) >= 11 is 5.92. The number of ether oxygens (including phenoxy) is 1. The summed E-state index contributed by atoms with van der Waals surface area (Å²) in [6.45, 7) is 6.61. The number of carbonyl (C=O) groups excluding carboxylic acids is 2. The lowest BCUT2D eigenvalue weighted by Crippen LogP contribution is -2.47. The number of nitrogens with one attached hydrogen (secondary N) is 1. The second-order valence-electron chi connectivity index (χ2n) is 6.95. The van der Waals surface area contributed by atoms with E-state index < -0.39 is 5.60 Å². The average molecular weight is 354 g/mol. The molecule has 1 aromatic carbocycles. The molecule has 24 heavy (non-hydrogen) atoms. The van der Waals surface area contributed by atoms with E-state index in [2.05, 4.69) is 5.32 Å². The van der Waals surface area contributed by atoms with Crippen molar-refractivity contribution >= 4 is 29.3 Å². The number of benzene rings is 1. The summed E-state index contributed by atoms with van der Waals surface area (Å²) in [5, 5.41) is 3.42. The number of amides is 2. The van der Waals surface area contributed by atoms with Gasteiger partial charge in [0.25, 0.3) is 5.91 Å². The van der Waals surface area contributed by atoms with Gasteiger partial charge in [-0.1, -0.05) is 11.6 Å². The van der Waals surface area contributed by atoms with Gasteiger partial charge < -0.3 is 20.7 Å². The van der Waals surface area contributed by atoms with Crippen LogP contribution in [0.2, 0.25) is 5.02 Å². The number of hydrogen-bond acceptors (Lipinski definition) is 4. The van der Waals surface area contributed by atoms with Gasteiger partial charge in [0.15, 0.2) is 0 Å². The Hall–Kier alpha value is -1.95. The number of nitrogen functional groups attached to an aromatic ring is 1. The first-order valence-electron chi connectivity index (χ1n) is 7.99. The molecule has 0 saturated carbocycles. The van der Waals surface area contributed by atoms with E-state index in [1.807, 2.05) is 20.8 Å². The predicted octanol–water partition coefficient (Wildman–Crippen LogP) is 3.05. The fourth-order valence-electron chi connectivity index (χ4n) is 2.52. The van der Waals surface area contributed by atoms with Gasteiger partial charge in [-0.2, -0.15) is 0 Å². The molecule has 2 amide bonds. The van der Waals surface area contributed by atoms with E-state index in [4.69, 9.17) is 22.1 Å². The van der Waals surface area contributed by atoms with Gasteiger partial charge in [0.1, 0.15) is 5.60 Å². The lowest BCUT2D eigenvalue weighted by atomic mass is 10.0. The minimum atomic E-state index is -0.508. The highest BCUT2D eigenvalue weighted by molar-refractivity contribution is 6.31. The lowest BCUT2D eigenvalue weighted by molar-refractivity contribution is 0.0199. The molecule has 132 valence electrons. The van der Waals surface area contributed by atoms with Crippen LogP contribution >= 0.6 is 11.6 Å². The number of nitrogens with two attached hydrogens (primary N) is 1. The minimum absolute atomic E-state index is 0.00503. The second kappa shape index (κ2) is 7.30. The Labute approximate surface area is 147 Å². The molecule has 0 atom stereocenters. The van der Waals surface area contributed by atoms with Crippen LogP contribution in [0.5, 0.6) is 0 Å². The van der Waals surface area contributed by atoms with Crippen molar-refractivity contribution in [1.82, 2.24) is 10.2 Å². The average Bonchev–Trinajstić information content (AvgIpc) is 2.48. The maximum Gasteiger partial charge on any atom is 0.410 e. The lowest BCUT2D eigenvalue weighted by Gasteiger charge is -2.33. The first-order valence-corrected chi connectivity index (χ1v) is 8.37. The van der Waals surface area contributed by atoms with Crippen molar-refractivity contribution in [3.05, 3.63) is 28.8 Å². The zero-order valence-corrected chi connectivity index (χ0v) is 15.0. The van der Waals surface area contributed by atoms with E-state index in [9.17, 15) is 9.59 Å². The molecule has 7 heteroatoms. The third-order valence-electron chi connectivity index (χ3n) is 3.74. The largest absolute Gasteiger partial charge is 0.444 e. The molecule has 1 saturated heterocycles. The summed E-state index contributed by atoms with van der Waals surface area (Å²) in [5.74, 6) is -0.245. The molecule has 2 rings (SSSR count). The van der Waals surface area contributed by atoms with E-state index >= 15 is 0 Å². The first-order chi connectivity index (χ1) is 11.2. The van der Waals surface area contributed by atoms with Crippen LogP contribution in [-0.4, -0.2) is 41.6 Å².